The Bertz CT molecular complexity index is 511. The molecular formula is C14H16N2S. The summed E-state index contributed by atoms with van der Waals surface area (Å²) in [6.07, 6.45) is 2.69. The number of hydrogen-bond donors (Lipinski definition) is 1. The summed E-state index contributed by atoms with van der Waals surface area (Å²) in [5.74, 6) is 0.808. The van der Waals surface area contributed by atoms with Crippen molar-refractivity contribution < 1.29 is 0 Å². The predicted octanol–water partition coefficient (Wildman–Crippen LogP) is 3.38. The van der Waals surface area contributed by atoms with Gasteiger partial charge in [-0.3, -0.25) is 0 Å². The average Bonchev–Trinajstić information content (AvgIpc) is 3.11. The van der Waals surface area contributed by atoms with Crippen molar-refractivity contribution >= 4 is 11.3 Å². The molecule has 0 saturated heterocycles. The Labute approximate surface area is 106 Å². The van der Waals surface area contributed by atoms with Gasteiger partial charge in [0.1, 0.15) is 5.01 Å². The number of benzene rings is 1. The average molecular weight is 244 g/mol. The van der Waals surface area contributed by atoms with Crippen molar-refractivity contribution in [2.75, 3.05) is 0 Å². The lowest BCUT2D eigenvalue weighted by atomic mass is 10.0. The van der Waals surface area contributed by atoms with E-state index in [1.54, 1.807) is 11.3 Å². The summed E-state index contributed by atoms with van der Waals surface area (Å²) in [5, 5.41) is 3.05. The SMILES string of the molecule is Cc1csc(C(N)c2ccc(C3CC3)cc2)n1. The van der Waals surface area contributed by atoms with E-state index in [0.29, 0.717) is 0 Å². The Morgan fingerprint density at radius 1 is 1.29 bits per heavy atom. The van der Waals surface area contributed by atoms with E-state index in [0.717, 1.165) is 22.2 Å². The highest BCUT2D eigenvalue weighted by Crippen LogP contribution is 2.40. The van der Waals surface area contributed by atoms with Crippen LogP contribution in [0.5, 0.6) is 0 Å². The molecule has 0 amide bonds. The molecule has 1 atom stereocenters. The highest BCUT2D eigenvalue weighted by atomic mass is 32.1. The third kappa shape index (κ3) is 2.26. The van der Waals surface area contributed by atoms with Gasteiger partial charge in [0.25, 0.3) is 0 Å². The highest BCUT2D eigenvalue weighted by molar-refractivity contribution is 7.09. The summed E-state index contributed by atoms with van der Waals surface area (Å²) in [7, 11) is 0. The van der Waals surface area contributed by atoms with Crippen LogP contribution >= 0.6 is 11.3 Å². The van der Waals surface area contributed by atoms with Gasteiger partial charge in [-0.2, -0.15) is 0 Å². The van der Waals surface area contributed by atoms with Crippen molar-refractivity contribution in [2.24, 2.45) is 5.73 Å². The molecule has 0 aliphatic heterocycles. The van der Waals surface area contributed by atoms with Crippen LogP contribution in [0.2, 0.25) is 0 Å². The zero-order chi connectivity index (χ0) is 11.8. The van der Waals surface area contributed by atoms with Crippen molar-refractivity contribution in [1.29, 1.82) is 0 Å². The molecule has 1 aromatic carbocycles. The Morgan fingerprint density at radius 3 is 2.53 bits per heavy atom. The van der Waals surface area contributed by atoms with E-state index >= 15 is 0 Å². The van der Waals surface area contributed by atoms with E-state index in [-0.39, 0.29) is 6.04 Å². The zero-order valence-corrected chi connectivity index (χ0v) is 10.7. The molecule has 1 saturated carbocycles. The number of nitrogens with zero attached hydrogens (tertiary/aromatic N) is 1. The van der Waals surface area contributed by atoms with Crippen molar-refractivity contribution in [3.05, 3.63) is 51.5 Å². The van der Waals surface area contributed by atoms with Crippen LogP contribution in [0.15, 0.2) is 29.6 Å². The number of rotatable bonds is 3. The van der Waals surface area contributed by atoms with Crippen LogP contribution in [0.4, 0.5) is 0 Å². The molecule has 1 fully saturated rings. The summed E-state index contributed by atoms with van der Waals surface area (Å²) in [6.45, 7) is 2.00. The number of hydrogen-bond acceptors (Lipinski definition) is 3. The molecule has 2 N–H and O–H groups in total. The van der Waals surface area contributed by atoms with Crippen LogP contribution in [0.1, 0.15) is 46.6 Å². The number of aryl methyl sites for hydroxylation is 1. The molecule has 3 rings (SSSR count). The second kappa shape index (κ2) is 4.24. The Morgan fingerprint density at radius 2 is 2.00 bits per heavy atom. The zero-order valence-electron chi connectivity index (χ0n) is 9.89. The lowest BCUT2D eigenvalue weighted by Crippen LogP contribution is -2.11. The summed E-state index contributed by atoms with van der Waals surface area (Å²) in [6, 6.07) is 8.65. The van der Waals surface area contributed by atoms with E-state index in [1.165, 1.54) is 18.4 Å². The van der Waals surface area contributed by atoms with Gasteiger partial charge < -0.3 is 5.73 Å². The quantitative estimate of drug-likeness (QED) is 0.899. The van der Waals surface area contributed by atoms with Crippen LogP contribution in [0, 0.1) is 6.92 Å². The summed E-state index contributed by atoms with van der Waals surface area (Å²) >= 11 is 1.64. The molecule has 1 aromatic heterocycles. The fraction of sp³-hybridized carbons (Fsp3) is 0.357. The molecule has 3 heteroatoms. The lowest BCUT2D eigenvalue weighted by Gasteiger charge is -2.09. The smallest absolute Gasteiger partial charge is 0.114 e. The minimum Gasteiger partial charge on any atom is -0.318 e. The number of thiazole rings is 1. The topological polar surface area (TPSA) is 38.9 Å². The van der Waals surface area contributed by atoms with Gasteiger partial charge in [0.15, 0.2) is 0 Å². The van der Waals surface area contributed by atoms with Crippen LogP contribution < -0.4 is 5.73 Å². The molecule has 1 aliphatic rings. The number of nitrogens with two attached hydrogens (primary N) is 1. The second-order valence-corrected chi connectivity index (χ2v) is 5.64. The summed E-state index contributed by atoms with van der Waals surface area (Å²) in [4.78, 5) is 4.45. The lowest BCUT2D eigenvalue weighted by molar-refractivity contribution is 0.851. The standard InChI is InChI=1S/C14H16N2S/c1-9-8-17-14(16-9)13(15)12-6-4-11(5-7-12)10-2-3-10/h4-8,10,13H,2-3,15H2,1H3. The molecule has 1 aliphatic carbocycles. The monoisotopic (exact) mass is 244 g/mol. The third-order valence-corrected chi connectivity index (χ3v) is 4.29. The van der Waals surface area contributed by atoms with E-state index in [9.17, 15) is 0 Å². The van der Waals surface area contributed by atoms with Gasteiger partial charge in [-0.25, -0.2) is 4.98 Å². The Hall–Kier alpha value is -1.19. The van der Waals surface area contributed by atoms with E-state index < -0.39 is 0 Å². The van der Waals surface area contributed by atoms with Gasteiger partial charge in [-0.1, -0.05) is 24.3 Å². The van der Waals surface area contributed by atoms with Gasteiger partial charge in [0.2, 0.25) is 0 Å². The first-order valence-electron chi connectivity index (χ1n) is 6.01. The maximum absolute atomic E-state index is 6.22. The maximum atomic E-state index is 6.22. The molecule has 2 aromatic rings. The number of aromatic nitrogens is 1. The van der Waals surface area contributed by atoms with E-state index in [2.05, 4.69) is 29.2 Å². The van der Waals surface area contributed by atoms with Gasteiger partial charge in [-0.05, 0) is 36.8 Å². The third-order valence-electron chi connectivity index (χ3n) is 3.25. The normalized spacial score (nSPS) is 17.1. The van der Waals surface area contributed by atoms with Gasteiger partial charge in [-0.15, -0.1) is 11.3 Å². The highest BCUT2D eigenvalue weighted by Gasteiger charge is 2.23. The minimum absolute atomic E-state index is 0.0815. The largest absolute Gasteiger partial charge is 0.318 e. The van der Waals surface area contributed by atoms with E-state index in [1.807, 2.05) is 12.3 Å². The summed E-state index contributed by atoms with van der Waals surface area (Å²) in [5.41, 5.74) is 9.88. The molecule has 0 bridgehead atoms. The molecule has 1 heterocycles. The van der Waals surface area contributed by atoms with Crippen LogP contribution in [-0.2, 0) is 0 Å². The predicted molar refractivity (Wildman–Crippen MR) is 71.3 cm³/mol. The second-order valence-electron chi connectivity index (χ2n) is 4.75. The van der Waals surface area contributed by atoms with Crippen molar-refractivity contribution in [2.45, 2.75) is 31.7 Å². The van der Waals surface area contributed by atoms with Crippen LogP contribution in [-0.4, -0.2) is 4.98 Å². The van der Waals surface area contributed by atoms with E-state index in [4.69, 9.17) is 5.73 Å². The molecule has 1 unspecified atom stereocenters. The Balaban J connectivity index is 1.83. The first kappa shape index (κ1) is 10.9. The minimum atomic E-state index is -0.0815. The van der Waals surface area contributed by atoms with Crippen LogP contribution in [0.25, 0.3) is 0 Å². The fourth-order valence-corrected chi connectivity index (χ4v) is 2.87. The molecular weight excluding hydrogens is 228 g/mol. The van der Waals surface area contributed by atoms with Crippen molar-refractivity contribution in [3.8, 4) is 0 Å². The van der Waals surface area contributed by atoms with Crippen LogP contribution in [0.3, 0.4) is 0 Å². The summed E-state index contributed by atoms with van der Waals surface area (Å²) < 4.78 is 0. The first-order valence-corrected chi connectivity index (χ1v) is 6.89. The molecule has 17 heavy (non-hydrogen) atoms. The molecule has 0 spiro atoms. The molecule has 2 nitrogen and oxygen atoms in total. The molecule has 88 valence electrons. The van der Waals surface area contributed by atoms with Gasteiger partial charge in [0.05, 0.1) is 6.04 Å². The Kier molecular flexibility index (Phi) is 2.73. The van der Waals surface area contributed by atoms with Crippen molar-refractivity contribution in [3.63, 3.8) is 0 Å². The van der Waals surface area contributed by atoms with Gasteiger partial charge in [0, 0.05) is 11.1 Å². The maximum Gasteiger partial charge on any atom is 0.114 e. The first-order chi connectivity index (χ1) is 8.24. The fourth-order valence-electron chi connectivity index (χ4n) is 2.05. The van der Waals surface area contributed by atoms with Gasteiger partial charge >= 0.3 is 0 Å². The van der Waals surface area contributed by atoms with Crippen molar-refractivity contribution in [1.82, 2.24) is 4.98 Å². The molecule has 0 radical (unpaired) electrons.